The second-order valence-electron chi connectivity index (χ2n) is 3.92. The van der Waals surface area contributed by atoms with E-state index in [0.717, 1.165) is 11.1 Å². The molecule has 2 aromatic rings. The molecule has 0 fully saturated rings. The lowest BCUT2D eigenvalue weighted by Gasteiger charge is -2.04. The van der Waals surface area contributed by atoms with Gasteiger partial charge in [0.25, 0.3) is 0 Å². The summed E-state index contributed by atoms with van der Waals surface area (Å²) in [5.74, 6) is 0. The molecule has 0 saturated carbocycles. The van der Waals surface area contributed by atoms with Crippen LogP contribution in [0.4, 0.5) is 13.2 Å². The fraction of sp³-hybridized carbons (Fsp3) is 0.308. The second-order valence-corrected chi connectivity index (χ2v) is 5.79. The van der Waals surface area contributed by atoms with E-state index in [1.165, 1.54) is 28.8 Å². The van der Waals surface area contributed by atoms with E-state index in [-0.39, 0.29) is 0 Å². The first-order chi connectivity index (χ1) is 8.70. The van der Waals surface area contributed by atoms with Gasteiger partial charge in [-0.25, -0.2) is 4.98 Å². The van der Waals surface area contributed by atoms with Crippen molar-refractivity contribution < 1.29 is 13.2 Å². The van der Waals surface area contributed by atoms with E-state index in [2.05, 4.69) is 11.9 Å². The van der Waals surface area contributed by atoms with Crippen LogP contribution in [0.2, 0.25) is 5.02 Å². The van der Waals surface area contributed by atoms with Crippen LogP contribution in [0.3, 0.4) is 0 Å². The lowest BCUT2D eigenvalue weighted by atomic mass is 10.3. The first-order valence-electron chi connectivity index (χ1n) is 5.43. The number of nitrogens with zero attached hydrogens (tertiary/aromatic N) is 1. The minimum Gasteiger partial charge on any atom is -0.249 e. The molecular weight excluding hydrogens is 295 g/mol. The minimum absolute atomic E-state index is 0.375. The smallest absolute Gasteiger partial charge is 0.249 e. The lowest BCUT2D eigenvalue weighted by molar-refractivity contribution is -0.141. The summed E-state index contributed by atoms with van der Waals surface area (Å²) in [6.45, 7) is 5.61. The van der Waals surface area contributed by atoms with E-state index in [9.17, 15) is 13.2 Å². The topological polar surface area (TPSA) is 12.9 Å². The highest BCUT2D eigenvalue weighted by Gasteiger charge is 2.31. The molecule has 0 aromatic carbocycles. The molecule has 0 aliphatic carbocycles. The van der Waals surface area contributed by atoms with Crippen molar-refractivity contribution >= 4 is 22.9 Å². The summed E-state index contributed by atoms with van der Waals surface area (Å²) in [7, 11) is 0. The molecule has 2 heterocycles. The predicted molar refractivity (Wildman–Crippen MR) is 72.8 cm³/mol. The molecule has 0 aliphatic heterocycles. The monoisotopic (exact) mass is 307 g/mol. The Kier molecular flexibility index (Phi) is 5.38. The van der Waals surface area contributed by atoms with E-state index in [1.54, 1.807) is 11.3 Å². The highest BCUT2D eigenvalue weighted by Crippen LogP contribution is 2.27. The van der Waals surface area contributed by atoms with Gasteiger partial charge in [0, 0.05) is 15.4 Å². The molecule has 0 N–H and O–H groups in total. The van der Waals surface area contributed by atoms with E-state index in [4.69, 9.17) is 11.6 Å². The number of hydrogen-bond acceptors (Lipinski definition) is 2. The normalized spacial score (nSPS) is 10.9. The molecule has 19 heavy (non-hydrogen) atoms. The van der Waals surface area contributed by atoms with Gasteiger partial charge in [-0.15, -0.1) is 11.3 Å². The molecule has 2 aromatic heterocycles. The van der Waals surface area contributed by atoms with Crippen LogP contribution < -0.4 is 0 Å². The van der Waals surface area contributed by atoms with Gasteiger partial charge in [0.15, 0.2) is 0 Å². The van der Waals surface area contributed by atoms with Gasteiger partial charge in [0.1, 0.15) is 5.69 Å². The number of pyridine rings is 1. The maximum absolute atomic E-state index is 11.9. The van der Waals surface area contributed by atoms with Crippen LogP contribution in [-0.2, 0) is 6.18 Å². The average Bonchev–Trinajstić information content (AvgIpc) is 2.56. The Labute approximate surface area is 119 Å². The van der Waals surface area contributed by atoms with Crippen molar-refractivity contribution in [3.8, 4) is 0 Å². The summed E-state index contributed by atoms with van der Waals surface area (Å²) >= 11 is 7.48. The Hall–Kier alpha value is -1.07. The van der Waals surface area contributed by atoms with Crippen molar-refractivity contribution in [1.29, 1.82) is 0 Å². The number of halogens is 4. The Balaban J connectivity index is 0.000000200. The van der Waals surface area contributed by atoms with Crippen LogP contribution >= 0.6 is 22.9 Å². The third-order valence-electron chi connectivity index (χ3n) is 2.16. The van der Waals surface area contributed by atoms with Crippen LogP contribution in [0.25, 0.3) is 0 Å². The predicted octanol–water partition coefficient (Wildman–Crippen LogP) is 5.43. The quantitative estimate of drug-likeness (QED) is 0.632. The van der Waals surface area contributed by atoms with Crippen molar-refractivity contribution in [3.63, 3.8) is 0 Å². The largest absolute Gasteiger partial charge is 0.433 e. The number of aromatic nitrogens is 1. The molecule has 2 rings (SSSR count). The van der Waals surface area contributed by atoms with Gasteiger partial charge < -0.3 is 0 Å². The Morgan fingerprint density at radius 2 is 1.79 bits per heavy atom. The zero-order chi connectivity index (χ0) is 14.6. The molecule has 0 spiro atoms. The molecule has 0 atom stereocenters. The third kappa shape index (κ3) is 5.20. The molecule has 0 amide bonds. The number of aryl methyl sites for hydroxylation is 3. The molecule has 6 heteroatoms. The Bertz CT molecular complexity index is 530. The van der Waals surface area contributed by atoms with Crippen LogP contribution in [0.1, 0.15) is 21.1 Å². The molecular formula is C13H13ClF3NS. The number of alkyl halides is 3. The summed E-state index contributed by atoms with van der Waals surface area (Å²) < 4.78 is 35.7. The van der Waals surface area contributed by atoms with Gasteiger partial charge in [-0.05, 0) is 39.0 Å². The fourth-order valence-electron chi connectivity index (χ4n) is 1.30. The SMILES string of the molecule is Cc1cc(Cl)c(C)s1.Cc1cccc(C(F)(F)F)n1. The van der Waals surface area contributed by atoms with E-state index in [0.29, 0.717) is 5.69 Å². The van der Waals surface area contributed by atoms with Crippen LogP contribution in [0.5, 0.6) is 0 Å². The lowest BCUT2D eigenvalue weighted by Crippen LogP contribution is -2.07. The molecule has 0 saturated heterocycles. The van der Waals surface area contributed by atoms with Gasteiger partial charge in [0.05, 0.1) is 5.02 Å². The van der Waals surface area contributed by atoms with Crippen LogP contribution in [0.15, 0.2) is 24.3 Å². The minimum atomic E-state index is -4.33. The van der Waals surface area contributed by atoms with Crippen molar-refractivity contribution in [3.05, 3.63) is 50.4 Å². The van der Waals surface area contributed by atoms with Gasteiger partial charge in [-0.1, -0.05) is 17.7 Å². The highest BCUT2D eigenvalue weighted by atomic mass is 35.5. The number of hydrogen-bond donors (Lipinski definition) is 0. The van der Waals surface area contributed by atoms with E-state index in [1.807, 2.05) is 13.0 Å². The summed E-state index contributed by atoms with van der Waals surface area (Å²) in [6.07, 6.45) is -4.33. The molecule has 0 radical (unpaired) electrons. The van der Waals surface area contributed by atoms with Crippen molar-refractivity contribution in [2.24, 2.45) is 0 Å². The maximum Gasteiger partial charge on any atom is 0.433 e. The van der Waals surface area contributed by atoms with Gasteiger partial charge in [0.2, 0.25) is 0 Å². The van der Waals surface area contributed by atoms with Gasteiger partial charge >= 0.3 is 6.18 Å². The molecule has 0 bridgehead atoms. The van der Waals surface area contributed by atoms with E-state index >= 15 is 0 Å². The molecule has 0 unspecified atom stereocenters. The average molecular weight is 308 g/mol. The molecule has 0 aliphatic rings. The highest BCUT2D eigenvalue weighted by molar-refractivity contribution is 7.12. The first kappa shape index (κ1) is 16.0. The Morgan fingerprint density at radius 1 is 1.16 bits per heavy atom. The van der Waals surface area contributed by atoms with Crippen molar-refractivity contribution in [2.45, 2.75) is 26.9 Å². The molecule has 1 nitrogen and oxygen atoms in total. The summed E-state index contributed by atoms with van der Waals surface area (Å²) in [6, 6.07) is 5.80. The summed E-state index contributed by atoms with van der Waals surface area (Å²) in [5, 5.41) is 0.896. The van der Waals surface area contributed by atoms with Gasteiger partial charge in [-0.3, -0.25) is 0 Å². The number of thiophene rings is 1. The fourth-order valence-corrected chi connectivity index (χ4v) is 2.46. The zero-order valence-corrected chi connectivity index (χ0v) is 12.2. The van der Waals surface area contributed by atoms with Crippen molar-refractivity contribution in [2.75, 3.05) is 0 Å². The van der Waals surface area contributed by atoms with Crippen LogP contribution in [-0.4, -0.2) is 4.98 Å². The third-order valence-corrected chi connectivity index (χ3v) is 3.63. The standard InChI is InChI=1S/C7H6F3N.C6H7ClS/c1-5-3-2-4-6(11-5)7(8,9)10;1-4-3-6(7)5(2)8-4/h2-4H,1H3;3H,1-2H3. The second kappa shape index (κ2) is 6.39. The van der Waals surface area contributed by atoms with Crippen molar-refractivity contribution in [1.82, 2.24) is 4.98 Å². The maximum atomic E-state index is 11.9. The van der Waals surface area contributed by atoms with E-state index < -0.39 is 11.9 Å². The number of rotatable bonds is 0. The Morgan fingerprint density at radius 3 is 2.05 bits per heavy atom. The van der Waals surface area contributed by atoms with Crippen LogP contribution in [0, 0.1) is 20.8 Å². The summed E-state index contributed by atoms with van der Waals surface area (Å²) in [5.41, 5.74) is -0.461. The molecule has 104 valence electrons. The first-order valence-corrected chi connectivity index (χ1v) is 6.63. The zero-order valence-electron chi connectivity index (χ0n) is 10.7. The summed E-state index contributed by atoms with van der Waals surface area (Å²) in [4.78, 5) is 5.82. The van der Waals surface area contributed by atoms with Gasteiger partial charge in [-0.2, -0.15) is 13.2 Å².